The molecular formula is C13H27NO. The van der Waals surface area contributed by atoms with Crippen molar-refractivity contribution in [1.82, 2.24) is 4.90 Å². The summed E-state index contributed by atoms with van der Waals surface area (Å²) in [5.74, 6) is 1.70. The molecule has 0 aromatic carbocycles. The maximum Gasteiger partial charge on any atom is 0.0718 e. The number of hydrogen-bond acceptors (Lipinski definition) is 2. The molecule has 1 fully saturated rings. The van der Waals surface area contributed by atoms with Crippen molar-refractivity contribution in [2.75, 3.05) is 19.6 Å². The van der Waals surface area contributed by atoms with Crippen LogP contribution in [0.1, 0.15) is 47.0 Å². The van der Waals surface area contributed by atoms with E-state index in [9.17, 15) is 5.11 Å². The second-order valence-corrected chi connectivity index (χ2v) is 6.02. The second-order valence-electron chi connectivity index (χ2n) is 6.02. The number of rotatable bonds is 3. The van der Waals surface area contributed by atoms with Crippen LogP contribution in [0, 0.1) is 11.8 Å². The summed E-state index contributed by atoms with van der Waals surface area (Å²) in [6.07, 6.45) is 3.95. The Labute approximate surface area is 94.7 Å². The molecule has 0 amide bonds. The topological polar surface area (TPSA) is 23.5 Å². The molecule has 1 rings (SSSR count). The van der Waals surface area contributed by atoms with Crippen LogP contribution in [-0.4, -0.2) is 35.2 Å². The van der Waals surface area contributed by atoms with Gasteiger partial charge in [0.2, 0.25) is 0 Å². The molecule has 0 bridgehead atoms. The fraction of sp³-hybridized carbons (Fsp3) is 1.00. The predicted octanol–water partition coefficient (Wildman–Crippen LogP) is 2.52. The zero-order valence-corrected chi connectivity index (χ0v) is 10.8. The van der Waals surface area contributed by atoms with E-state index >= 15 is 0 Å². The fourth-order valence-corrected chi connectivity index (χ4v) is 2.55. The first-order valence-corrected chi connectivity index (χ1v) is 6.33. The van der Waals surface area contributed by atoms with Crippen LogP contribution in [-0.2, 0) is 0 Å². The Kier molecular flexibility index (Phi) is 4.60. The van der Waals surface area contributed by atoms with Gasteiger partial charge in [-0.05, 0) is 58.0 Å². The van der Waals surface area contributed by atoms with Crippen molar-refractivity contribution in [2.45, 2.75) is 52.6 Å². The average Bonchev–Trinajstić information content (AvgIpc) is 2.26. The van der Waals surface area contributed by atoms with Crippen molar-refractivity contribution in [2.24, 2.45) is 11.8 Å². The first kappa shape index (κ1) is 13.0. The van der Waals surface area contributed by atoms with Gasteiger partial charge in [-0.25, -0.2) is 0 Å². The average molecular weight is 213 g/mol. The molecule has 15 heavy (non-hydrogen) atoms. The van der Waals surface area contributed by atoms with Crippen LogP contribution in [0.3, 0.4) is 0 Å². The Bertz CT molecular complexity index is 183. The largest absolute Gasteiger partial charge is 0.389 e. The van der Waals surface area contributed by atoms with E-state index in [-0.39, 0.29) is 0 Å². The van der Waals surface area contributed by atoms with E-state index in [1.54, 1.807) is 0 Å². The number of aliphatic hydroxyl groups is 1. The van der Waals surface area contributed by atoms with Crippen LogP contribution in [0.15, 0.2) is 0 Å². The van der Waals surface area contributed by atoms with Crippen LogP contribution in [0.2, 0.25) is 0 Å². The van der Waals surface area contributed by atoms with Gasteiger partial charge in [-0.3, -0.25) is 0 Å². The molecule has 90 valence electrons. The zero-order valence-electron chi connectivity index (χ0n) is 10.8. The predicted molar refractivity (Wildman–Crippen MR) is 64.9 cm³/mol. The summed E-state index contributed by atoms with van der Waals surface area (Å²) in [7, 11) is 0. The zero-order chi connectivity index (χ0) is 11.5. The summed E-state index contributed by atoms with van der Waals surface area (Å²) in [6, 6.07) is 0. The SMILES string of the molecule is CC(C)C1CCCN(CC(C)(C)O)CC1. The van der Waals surface area contributed by atoms with Crippen molar-refractivity contribution >= 4 is 0 Å². The summed E-state index contributed by atoms with van der Waals surface area (Å²) in [5.41, 5.74) is -0.544. The standard InChI is InChI=1S/C13H27NO/c1-11(2)12-6-5-8-14(9-7-12)10-13(3,4)15/h11-12,15H,5-10H2,1-4H3. The molecule has 1 atom stereocenters. The molecule has 2 heteroatoms. The minimum absolute atomic E-state index is 0.544. The smallest absolute Gasteiger partial charge is 0.0718 e. The van der Waals surface area contributed by atoms with Gasteiger partial charge in [0.25, 0.3) is 0 Å². The summed E-state index contributed by atoms with van der Waals surface area (Å²) >= 11 is 0. The van der Waals surface area contributed by atoms with E-state index < -0.39 is 5.60 Å². The molecule has 1 saturated heterocycles. The summed E-state index contributed by atoms with van der Waals surface area (Å²) < 4.78 is 0. The maximum atomic E-state index is 9.80. The van der Waals surface area contributed by atoms with Gasteiger partial charge < -0.3 is 10.0 Å². The molecule has 2 nitrogen and oxygen atoms in total. The number of nitrogens with zero attached hydrogens (tertiary/aromatic N) is 1. The van der Waals surface area contributed by atoms with Gasteiger partial charge in [0.05, 0.1) is 5.60 Å². The lowest BCUT2D eigenvalue weighted by molar-refractivity contribution is 0.0369. The second kappa shape index (κ2) is 5.31. The van der Waals surface area contributed by atoms with Crippen molar-refractivity contribution in [1.29, 1.82) is 0 Å². The van der Waals surface area contributed by atoms with Gasteiger partial charge in [0.15, 0.2) is 0 Å². The first-order chi connectivity index (χ1) is 6.88. The molecule has 1 unspecified atom stereocenters. The number of hydrogen-bond donors (Lipinski definition) is 1. The molecule has 0 saturated carbocycles. The Hall–Kier alpha value is -0.0800. The lowest BCUT2D eigenvalue weighted by atomic mass is 9.89. The van der Waals surface area contributed by atoms with Crippen molar-refractivity contribution in [3.8, 4) is 0 Å². The van der Waals surface area contributed by atoms with Crippen LogP contribution < -0.4 is 0 Å². The van der Waals surface area contributed by atoms with Crippen molar-refractivity contribution in [3.05, 3.63) is 0 Å². The van der Waals surface area contributed by atoms with E-state index in [2.05, 4.69) is 18.7 Å². The van der Waals surface area contributed by atoms with Crippen molar-refractivity contribution in [3.63, 3.8) is 0 Å². The van der Waals surface area contributed by atoms with Gasteiger partial charge in [-0.15, -0.1) is 0 Å². The lowest BCUT2D eigenvalue weighted by Crippen LogP contribution is -2.39. The van der Waals surface area contributed by atoms with Crippen molar-refractivity contribution < 1.29 is 5.11 Å². The van der Waals surface area contributed by atoms with Gasteiger partial charge in [0.1, 0.15) is 0 Å². The normalized spacial score (nSPS) is 25.6. The highest BCUT2D eigenvalue weighted by Crippen LogP contribution is 2.25. The van der Waals surface area contributed by atoms with E-state index in [1.807, 2.05) is 13.8 Å². The Morgan fingerprint density at radius 3 is 2.47 bits per heavy atom. The van der Waals surface area contributed by atoms with Crippen LogP contribution in [0.5, 0.6) is 0 Å². The Morgan fingerprint density at radius 2 is 1.93 bits per heavy atom. The fourth-order valence-electron chi connectivity index (χ4n) is 2.55. The van der Waals surface area contributed by atoms with Gasteiger partial charge in [-0.2, -0.15) is 0 Å². The molecule has 1 aliphatic heterocycles. The minimum atomic E-state index is -0.544. The summed E-state index contributed by atoms with van der Waals surface area (Å²) in [5, 5.41) is 9.80. The highest BCUT2D eigenvalue weighted by atomic mass is 16.3. The molecule has 1 aliphatic rings. The highest BCUT2D eigenvalue weighted by molar-refractivity contribution is 4.77. The molecule has 0 aliphatic carbocycles. The molecular weight excluding hydrogens is 186 g/mol. The number of β-amino-alcohol motifs (C(OH)–C–C–N with tert-alkyl or cyclic N) is 1. The van der Waals surface area contributed by atoms with Crippen LogP contribution in [0.4, 0.5) is 0 Å². The quantitative estimate of drug-likeness (QED) is 0.778. The molecule has 0 aromatic rings. The monoisotopic (exact) mass is 213 g/mol. The van der Waals surface area contributed by atoms with E-state index in [1.165, 1.54) is 19.3 Å². The molecule has 0 radical (unpaired) electrons. The van der Waals surface area contributed by atoms with Gasteiger partial charge >= 0.3 is 0 Å². The van der Waals surface area contributed by atoms with E-state index in [0.717, 1.165) is 31.5 Å². The minimum Gasteiger partial charge on any atom is -0.389 e. The van der Waals surface area contributed by atoms with E-state index in [0.29, 0.717) is 0 Å². The van der Waals surface area contributed by atoms with Gasteiger partial charge in [0, 0.05) is 6.54 Å². The number of likely N-dealkylation sites (tertiary alicyclic amines) is 1. The van der Waals surface area contributed by atoms with Crippen LogP contribution >= 0.6 is 0 Å². The third kappa shape index (κ3) is 4.98. The highest BCUT2D eigenvalue weighted by Gasteiger charge is 2.23. The van der Waals surface area contributed by atoms with Gasteiger partial charge in [-0.1, -0.05) is 13.8 Å². The molecule has 0 spiro atoms. The molecule has 0 aromatic heterocycles. The molecule has 1 N–H and O–H groups in total. The molecule has 1 heterocycles. The maximum absolute atomic E-state index is 9.80. The summed E-state index contributed by atoms with van der Waals surface area (Å²) in [6.45, 7) is 11.6. The Balaban J connectivity index is 2.39. The Morgan fingerprint density at radius 1 is 1.27 bits per heavy atom. The van der Waals surface area contributed by atoms with Crippen LogP contribution in [0.25, 0.3) is 0 Å². The van der Waals surface area contributed by atoms with E-state index in [4.69, 9.17) is 0 Å². The third-order valence-electron chi connectivity index (χ3n) is 3.42. The first-order valence-electron chi connectivity index (χ1n) is 6.33. The third-order valence-corrected chi connectivity index (χ3v) is 3.42. The summed E-state index contributed by atoms with van der Waals surface area (Å²) in [4.78, 5) is 2.42. The lowest BCUT2D eigenvalue weighted by Gasteiger charge is -2.28.